The Morgan fingerprint density at radius 1 is 1.50 bits per heavy atom. The summed E-state index contributed by atoms with van der Waals surface area (Å²) in [6.07, 6.45) is -2.62. The Bertz CT molecular complexity index is 557. The van der Waals surface area contributed by atoms with Gasteiger partial charge in [-0.15, -0.1) is 0 Å². The quantitative estimate of drug-likeness (QED) is 0.750. The molecule has 0 aliphatic heterocycles. The van der Waals surface area contributed by atoms with Crippen LogP contribution in [0.2, 0.25) is 0 Å². The Morgan fingerprint density at radius 3 is 2.55 bits per heavy atom. The fourth-order valence-corrected chi connectivity index (χ4v) is 2.39. The van der Waals surface area contributed by atoms with Crippen LogP contribution in [0.5, 0.6) is 0 Å². The maximum atomic E-state index is 12.0. The molecule has 1 rings (SSSR count). The summed E-state index contributed by atoms with van der Waals surface area (Å²) in [5.74, 6) is 0. The first kappa shape index (κ1) is 17.3. The number of ether oxygens (including phenoxy) is 1. The molecule has 1 heterocycles. The fraction of sp³-hybridized carbons (Fsp3) is 0.700. The molecule has 0 N–H and O–H groups in total. The Labute approximate surface area is 119 Å². The van der Waals surface area contributed by atoms with Crippen LogP contribution in [0.25, 0.3) is 0 Å². The molecular formula is C10H14ClF3N2O3S. The highest BCUT2D eigenvalue weighted by molar-refractivity contribution is 8.13. The van der Waals surface area contributed by atoms with Gasteiger partial charge in [0.1, 0.15) is 17.2 Å². The summed E-state index contributed by atoms with van der Waals surface area (Å²) >= 11 is 0. The summed E-state index contributed by atoms with van der Waals surface area (Å²) in [5, 5.41) is 3.93. The van der Waals surface area contributed by atoms with E-state index < -0.39 is 28.4 Å². The van der Waals surface area contributed by atoms with Crippen molar-refractivity contribution in [2.45, 2.75) is 44.0 Å². The van der Waals surface area contributed by atoms with E-state index in [2.05, 4.69) is 9.84 Å². The topological polar surface area (TPSA) is 61.2 Å². The molecule has 0 bridgehead atoms. The van der Waals surface area contributed by atoms with Gasteiger partial charge < -0.3 is 4.74 Å². The molecule has 0 spiro atoms. The van der Waals surface area contributed by atoms with Crippen LogP contribution in [0.1, 0.15) is 32.0 Å². The van der Waals surface area contributed by atoms with E-state index in [1.165, 1.54) is 10.9 Å². The van der Waals surface area contributed by atoms with Gasteiger partial charge >= 0.3 is 6.18 Å². The average molecular weight is 335 g/mol. The summed E-state index contributed by atoms with van der Waals surface area (Å²) in [6, 6.07) is -0.108. The number of alkyl halides is 3. The van der Waals surface area contributed by atoms with Crippen molar-refractivity contribution in [2.24, 2.45) is 0 Å². The second-order valence-corrected chi connectivity index (χ2v) is 6.76. The SMILES string of the molecule is CCC(C)n1cc(S(=O)(=O)Cl)c(COCC(F)(F)F)n1. The largest absolute Gasteiger partial charge is 0.411 e. The van der Waals surface area contributed by atoms with E-state index in [-0.39, 0.29) is 16.6 Å². The number of hydrogen-bond donors (Lipinski definition) is 0. The molecule has 0 aliphatic rings. The molecule has 1 unspecified atom stereocenters. The zero-order valence-corrected chi connectivity index (χ0v) is 12.4. The average Bonchev–Trinajstić information content (AvgIpc) is 2.70. The van der Waals surface area contributed by atoms with Gasteiger partial charge in [-0.2, -0.15) is 18.3 Å². The number of rotatable bonds is 6. The van der Waals surface area contributed by atoms with Crippen LogP contribution in [0.4, 0.5) is 13.2 Å². The molecular weight excluding hydrogens is 321 g/mol. The van der Waals surface area contributed by atoms with Crippen molar-refractivity contribution in [1.82, 2.24) is 9.78 Å². The van der Waals surface area contributed by atoms with Crippen molar-refractivity contribution in [3.05, 3.63) is 11.9 Å². The number of aromatic nitrogens is 2. The fourth-order valence-electron chi connectivity index (χ4n) is 1.39. The Balaban J connectivity index is 2.96. The van der Waals surface area contributed by atoms with Crippen LogP contribution in [0, 0.1) is 0 Å². The predicted octanol–water partition coefficient (Wildman–Crippen LogP) is 2.86. The van der Waals surface area contributed by atoms with Gasteiger partial charge in [0.2, 0.25) is 0 Å². The smallest absolute Gasteiger partial charge is 0.366 e. The van der Waals surface area contributed by atoms with E-state index in [4.69, 9.17) is 10.7 Å². The predicted molar refractivity (Wildman–Crippen MR) is 66.0 cm³/mol. The minimum absolute atomic E-state index is 0.108. The highest BCUT2D eigenvalue weighted by atomic mass is 35.7. The van der Waals surface area contributed by atoms with Gasteiger partial charge in [0, 0.05) is 22.9 Å². The summed E-state index contributed by atoms with van der Waals surface area (Å²) in [4.78, 5) is -0.332. The molecule has 20 heavy (non-hydrogen) atoms. The van der Waals surface area contributed by atoms with Crippen molar-refractivity contribution in [1.29, 1.82) is 0 Å². The minimum atomic E-state index is -4.49. The lowest BCUT2D eigenvalue weighted by atomic mass is 10.3. The number of nitrogens with zero attached hydrogens (tertiary/aromatic N) is 2. The standard InChI is InChI=1S/C10H14ClF3N2O3S/c1-3-7(2)16-4-9(20(11,17)18)8(15-16)5-19-6-10(12,13)14/h4,7H,3,5-6H2,1-2H3. The van der Waals surface area contributed by atoms with Gasteiger partial charge in [-0.3, -0.25) is 4.68 Å². The highest BCUT2D eigenvalue weighted by Crippen LogP contribution is 2.23. The van der Waals surface area contributed by atoms with E-state index in [9.17, 15) is 21.6 Å². The second kappa shape index (κ2) is 6.31. The maximum Gasteiger partial charge on any atom is 0.411 e. The molecule has 0 amide bonds. The van der Waals surface area contributed by atoms with Gasteiger partial charge in [0.05, 0.1) is 6.61 Å². The lowest BCUT2D eigenvalue weighted by Crippen LogP contribution is -2.17. The van der Waals surface area contributed by atoms with Gasteiger partial charge in [-0.05, 0) is 13.3 Å². The van der Waals surface area contributed by atoms with Crippen LogP contribution in [0.3, 0.4) is 0 Å². The molecule has 1 aromatic rings. The second-order valence-electron chi connectivity index (χ2n) is 4.22. The zero-order valence-electron chi connectivity index (χ0n) is 10.8. The van der Waals surface area contributed by atoms with Crippen LogP contribution in [0.15, 0.2) is 11.1 Å². The molecule has 1 atom stereocenters. The molecule has 0 saturated heterocycles. The molecule has 5 nitrogen and oxygen atoms in total. The van der Waals surface area contributed by atoms with E-state index in [0.29, 0.717) is 6.42 Å². The van der Waals surface area contributed by atoms with Gasteiger partial charge in [0.25, 0.3) is 9.05 Å². The Morgan fingerprint density at radius 2 is 2.10 bits per heavy atom. The van der Waals surface area contributed by atoms with E-state index in [0.717, 1.165) is 0 Å². The molecule has 0 radical (unpaired) electrons. The van der Waals surface area contributed by atoms with Gasteiger partial charge in [0.15, 0.2) is 0 Å². The van der Waals surface area contributed by atoms with Crippen molar-refractivity contribution in [3.63, 3.8) is 0 Å². The minimum Gasteiger partial charge on any atom is -0.366 e. The van der Waals surface area contributed by atoms with E-state index >= 15 is 0 Å². The first-order valence-electron chi connectivity index (χ1n) is 5.71. The van der Waals surface area contributed by atoms with Gasteiger partial charge in [-0.25, -0.2) is 8.42 Å². The highest BCUT2D eigenvalue weighted by Gasteiger charge is 2.28. The molecule has 10 heteroatoms. The normalized spacial score (nSPS) is 14.5. The van der Waals surface area contributed by atoms with Crippen molar-refractivity contribution in [3.8, 4) is 0 Å². The van der Waals surface area contributed by atoms with E-state index in [1.807, 2.05) is 6.92 Å². The van der Waals surface area contributed by atoms with E-state index in [1.54, 1.807) is 6.92 Å². The number of halogens is 4. The Hall–Kier alpha value is -0.800. The first-order valence-corrected chi connectivity index (χ1v) is 8.02. The summed E-state index contributed by atoms with van der Waals surface area (Å²) in [6.45, 7) is 1.59. The Kier molecular flexibility index (Phi) is 5.45. The van der Waals surface area contributed by atoms with Crippen LogP contribution in [-0.2, 0) is 20.4 Å². The molecule has 116 valence electrons. The number of hydrogen-bond acceptors (Lipinski definition) is 4. The van der Waals surface area contributed by atoms with Crippen molar-refractivity contribution in [2.75, 3.05) is 6.61 Å². The summed E-state index contributed by atoms with van der Waals surface area (Å²) in [5.41, 5.74) is -0.135. The zero-order chi connectivity index (χ0) is 15.6. The van der Waals surface area contributed by atoms with Crippen molar-refractivity contribution < 1.29 is 26.3 Å². The third-order valence-electron chi connectivity index (χ3n) is 2.58. The third-order valence-corrected chi connectivity index (χ3v) is 3.94. The van der Waals surface area contributed by atoms with Crippen LogP contribution >= 0.6 is 10.7 Å². The summed E-state index contributed by atoms with van der Waals surface area (Å²) < 4.78 is 64.5. The lowest BCUT2D eigenvalue weighted by molar-refractivity contribution is -0.177. The molecule has 0 saturated carbocycles. The monoisotopic (exact) mass is 334 g/mol. The van der Waals surface area contributed by atoms with Crippen molar-refractivity contribution >= 4 is 19.7 Å². The van der Waals surface area contributed by atoms with Crippen LogP contribution < -0.4 is 0 Å². The van der Waals surface area contributed by atoms with Crippen LogP contribution in [-0.4, -0.2) is 31.0 Å². The molecule has 1 aromatic heterocycles. The van der Waals surface area contributed by atoms with Gasteiger partial charge in [-0.1, -0.05) is 6.92 Å². The first-order chi connectivity index (χ1) is 9.04. The lowest BCUT2D eigenvalue weighted by Gasteiger charge is -2.08. The molecule has 0 fully saturated rings. The summed E-state index contributed by atoms with van der Waals surface area (Å²) in [7, 11) is 1.14. The molecule has 0 aliphatic carbocycles. The third kappa shape index (κ3) is 4.95. The maximum absolute atomic E-state index is 12.0. The molecule has 0 aromatic carbocycles.